The zero-order valence-corrected chi connectivity index (χ0v) is 19.3. The van der Waals surface area contributed by atoms with E-state index in [1.807, 2.05) is 55.6 Å². The minimum Gasteiger partial charge on any atom is -1.00 e. The summed E-state index contributed by atoms with van der Waals surface area (Å²) in [7, 11) is 1.97. The molecular formula is C22H21IN4O5. The van der Waals surface area contributed by atoms with Crippen LogP contribution in [-0.2, 0) is 21.4 Å². The molecule has 0 atom stereocenters. The number of pyridine rings is 1. The Labute approximate surface area is 199 Å². The molecule has 0 saturated carbocycles. The Bertz CT molecular complexity index is 1330. The molecule has 9 nitrogen and oxygen atoms in total. The van der Waals surface area contributed by atoms with Crippen LogP contribution in [0.3, 0.4) is 0 Å². The molecule has 0 radical (unpaired) electrons. The summed E-state index contributed by atoms with van der Waals surface area (Å²) in [4.78, 5) is 34.3. The van der Waals surface area contributed by atoms with E-state index < -0.39 is 24.3 Å². The van der Waals surface area contributed by atoms with Crippen molar-refractivity contribution in [2.45, 2.75) is 0 Å². The van der Waals surface area contributed by atoms with Crippen LogP contribution in [0.2, 0.25) is 0 Å². The molecule has 4 N–H and O–H groups in total. The second-order valence-electron chi connectivity index (χ2n) is 7.03. The third-order valence-electron chi connectivity index (χ3n) is 4.98. The third kappa shape index (κ3) is 4.59. The molecule has 2 heterocycles. The molecule has 0 bridgehead atoms. The lowest BCUT2D eigenvalue weighted by atomic mass is 10.1. The number of carbonyl (C=O) groups is 3. The molecule has 0 aliphatic heterocycles. The number of carboxylic acid groups (broad SMARTS) is 1. The Kier molecular flexibility index (Phi) is 7.13. The molecule has 32 heavy (non-hydrogen) atoms. The van der Waals surface area contributed by atoms with Gasteiger partial charge in [0.2, 0.25) is 22.9 Å². The highest BCUT2D eigenvalue weighted by molar-refractivity contribution is 6.11. The number of rotatable bonds is 7. The number of amides is 2. The summed E-state index contributed by atoms with van der Waals surface area (Å²) in [5.74, 6) is -2.14. The van der Waals surface area contributed by atoms with Crippen LogP contribution < -0.4 is 44.5 Å². The number of hydrogen-bond acceptors (Lipinski definition) is 5. The summed E-state index contributed by atoms with van der Waals surface area (Å²) in [5, 5.41) is 18.2. The van der Waals surface area contributed by atoms with Gasteiger partial charge in [-0.15, -0.1) is 0 Å². The summed E-state index contributed by atoms with van der Waals surface area (Å²) < 4.78 is 8.19. The molecule has 4 rings (SSSR count). The predicted octanol–water partition coefficient (Wildman–Crippen LogP) is -1.70. The molecule has 0 aliphatic rings. The zero-order chi connectivity index (χ0) is 22.0. The first-order valence-corrected chi connectivity index (χ1v) is 9.66. The lowest BCUT2D eigenvalue weighted by Crippen LogP contribution is -3.00. The number of aliphatic carboxylic acids is 1. The first-order chi connectivity index (χ1) is 15.0. The maximum absolute atomic E-state index is 12.3. The molecule has 0 unspecified atom stereocenters. The van der Waals surface area contributed by atoms with E-state index >= 15 is 0 Å². The number of para-hydroxylation sites is 2. The Morgan fingerprint density at radius 2 is 1.53 bits per heavy atom. The van der Waals surface area contributed by atoms with E-state index in [1.54, 1.807) is 0 Å². The van der Waals surface area contributed by atoms with Crippen molar-refractivity contribution in [3.8, 4) is 0 Å². The van der Waals surface area contributed by atoms with Crippen molar-refractivity contribution in [1.29, 1.82) is 0 Å². The maximum Gasteiger partial charge on any atom is 0.322 e. The van der Waals surface area contributed by atoms with Crippen molar-refractivity contribution in [3.05, 3.63) is 48.5 Å². The Hall–Kier alpha value is -3.41. The van der Waals surface area contributed by atoms with Crippen molar-refractivity contribution >= 4 is 56.4 Å². The summed E-state index contributed by atoms with van der Waals surface area (Å²) in [6.45, 7) is -0.890. The van der Waals surface area contributed by atoms with Crippen molar-refractivity contribution in [2.75, 3.05) is 25.0 Å². The van der Waals surface area contributed by atoms with E-state index in [1.165, 1.54) is 0 Å². The summed E-state index contributed by atoms with van der Waals surface area (Å²) in [6.07, 6.45) is 0. The van der Waals surface area contributed by atoms with Gasteiger partial charge in [-0.1, -0.05) is 24.3 Å². The van der Waals surface area contributed by atoms with Crippen LogP contribution >= 0.6 is 0 Å². The van der Waals surface area contributed by atoms with Gasteiger partial charge in [0.05, 0.1) is 29.5 Å². The third-order valence-corrected chi connectivity index (χ3v) is 4.98. The molecule has 2 aromatic carbocycles. The van der Waals surface area contributed by atoms with Crippen molar-refractivity contribution in [3.63, 3.8) is 0 Å². The minimum absolute atomic E-state index is 0. The average molecular weight is 548 g/mol. The Morgan fingerprint density at radius 3 is 2.28 bits per heavy atom. The number of nitrogens with zero attached hydrogens (tertiary/aromatic N) is 1. The topological polar surface area (TPSA) is 125 Å². The number of carboxylic acids is 1. The quantitative estimate of drug-likeness (QED) is 0.161. The second-order valence-corrected chi connectivity index (χ2v) is 7.03. The SMILES string of the molecule is C[n+]1c2ccccc2c(NCC(=O)NCC(=O)NCC(=O)O)c2oc3ccccc3c21.[I-]. The maximum atomic E-state index is 12.3. The number of hydrogen-bond donors (Lipinski definition) is 4. The smallest absolute Gasteiger partial charge is 0.322 e. The van der Waals surface area contributed by atoms with Gasteiger partial charge in [-0.2, -0.15) is 4.57 Å². The van der Waals surface area contributed by atoms with Crippen LogP contribution in [-0.4, -0.2) is 42.5 Å². The van der Waals surface area contributed by atoms with Crippen LogP contribution in [0.4, 0.5) is 5.69 Å². The molecule has 2 aromatic heterocycles. The minimum atomic E-state index is -1.15. The van der Waals surface area contributed by atoms with Crippen LogP contribution in [0.5, 0.6) is 0 Å². The second kappa shape index (κ2) is 9.81. The molecule has 0 saturated heterocycles. The van der Waals surface area contributed by atoms with E-state index in [-0.39, 0.29) is 37.1 Å². The van der Waals surface area contributed by atoms with Gasteiger partial charge in [0.25, 0.3) is 5.52 Å². The first kappa shape index (κ1) is 23.3. The number of nitrogens with one attached hydrogen (secondary N) is 3. The number of halogens is 1. The summed E-state index contributed by atoms with van der Waals surface area (Å²) >= 11 is 0. The number of anilines is 1. The van der Waals surface area contributed by atoms with E-state index in [2.05, 4.69) is 20.5 Å². The van der Waals surface area contributed by atoms with Gasteiger partial charge in [-0.25, -0.2) is 0 Å². The van der Waals surface area contributed by atoms with Crippen molar-refractivity contribution in [2.24, 2.45) is 7.05 Å². The van der Waals surface area contributed by atoms with Gasteiger partial charge in [-0.3, -0.25) is 14.4 Å². The van der Waals surface area contributed by atoms with Crippen molar-refractivity contribution in [1.82, 2.24) is 10.6 Å². The fraction of sp³-hybridized carbons (Fsp3) is 0.182. The van der Waals surface area contributed by atoms with E-state index in [0.717, 1.165) is 27.4 Å². The average Bonchev–Trinajstić information content (AvgIpc) is 3.16. The van der Waals surface area contributed by atoms with Crippen LogP contribution in [0.1, 0.15) is 0 Å². The summed E-state index contributed by atoms with van der Waals surface area (Å²) in [6, 6.07) is 15.5. The zero-order valence-electron chi connectivity index (χ0n) is 17.1. The Balaban J connectivity index is 0.00000289. The van der Waals surface area contributed by atoms with Crippen LogP contribution in [0.15, 0.2) is 52.9 Å². The number of fused-ring (bicyclic) bond motifs is 4. The van der Waals surface area contributed by atoms with Crippen molar-refractivity contribution < 1.29 is 52.5 Å². The number of aromatic nitrogens is 1. The monoisotopic (exact) mass is 548 g/mol. The number of benzene rings is 2. The van der Waals surface area contributed by atoms with Crippen LogP contribution in [0, 0.1) is 0 Å². The molecule has 0 fully saturated rings. The molecule has 2 amide bonds. The Morgan fingerprint density at radius 1 is 0.906 bits per heavy atom. The summed E-state index contributed by atoms with van der Waals surface area (Å²) in [5.41, 5.74) is 3.94. The van der Waals surface area contributed by atoms with Crippen LogP contribution in [0.25, 0.3) is 33.0 Å². The van der Waals surface area contributed by atoms with E-state index in [4.69, 9.17) is 9.52 Å². The van der Waals surface area contributed by atoms with Gasteiger partial charge < -0.3 is 49.5 Å². The largest absolute Gasteiger partial charge is 1.00 e. The lowest BCUT2D eigenvalue weighted by Gasteiger charge is -2.10. The van der Waals surface area contributed by atoms with Gasteiger partial charge >= 0.3 is 5.97 Å². The number of furan rings is 1. The fourth-order valence-electron chi connectivity index (χ4n) is 3.58. The molecule has 0 spiro atoms. The highest BCUT2D eigenvalue weighted by Crippen LogP contribution is 2.35. The molecule has 166 valence electrons. The molecule has 10 heteroatoms. The van der Waals surface area contributed by atoms with Gasteiger partial charge in [0.15, 0.2) is 0 Å². The normalized spacial score (nSPS) is 10.7. The fourth-order valence-corrected chi connectivity index (χ4v) is 3.58. The predicted molar refractivity (Wildman–Crippen MR) is 115 cm³/mol. The molecule has 0 aliphatic carbocycles. The van der Waals surface area contributed by atoms with Gasteiger partial charge in [0, 0.05) is 6.07 Å². The molecular weight excluding hydrogens is 527 g/mol. The molecule has 4 aromatic rings. The number of carbonyl (C=O) groups excluding carboxylic acids is 2. The van der Waals surface area contributed by atoms with E-state index in [0.29, 0.717) is 11.3 Å². The highest BCUT2D eigenvalue weighted by Gasteiger charge is 2.24. The standard InChI is InChI=1S/C22H20N4O5.HI/c1-26-15-8-4-2-6-13(15)20(22-21(26)14-7-3-5-9-16(14)31-22)25-11-18(28)23-10-17(27)24-12-19(29)30;/h2-9H,10-12H2,1H3,(H3,23,24,27,28,29,30);1H. The first-order valence-electron chi connectivity index (χ1n) is 9.66. The van der Waals surface area contributed by atoms with Gasteiger partial charge in [0.1, 0.15) is 19.2 Å². The number of aryl methyl sites for hydroxylation is 1. The lowest BCUT2D eigenvalue weighted by molar-refractivity contribution is -0.616. The highest BCUT2D eigenvalue weighted by atomic mass is 127. The van der Waals surface area contributed by atoms with Gasteiger partial charge in [-0.05, 0) is 18.2 Å². The van der Waals surface area contributed by atoms with E-state index in [9.17, 15) is 14.4 Å².